The van der Waals surface area contributed by atoms with Crippen molar-refractivity contribution in [2.24, 2.45) is 7.05 Å². The van der Waals surface area contributed by atoms with Crippen LogP contribution in [0.5, 0.6) is 0 Å². The number of thiazole rings is 1. The van der Waals surface area contributed by atoms with Gasteiger partial charge in [-0.3, -0.25) is 9.10 Å². The Balaban J connectivity index is 1.92. The minimum atomic E-state index is -3.67. The molecule has 3 rings (SSSR count). The molecule has 0 aliphatic carbocycles. The highest BCUT2D eigenvalue weighted by Crippen LogP contribution is 2.29. The van der Waals surface area contributed by atoms with Crippen molar-refractivity contribution in [1.82, 2.24) is 19.7 Å². The Morgan fingerprint density at radius 3 is 2.68 bits per heavy atom. The molecule has 0 aromatic carbocycles. The molecule has 3 aromatic heterocycles. The van der Waals surface area contributed by atoms with Crippen LogP contribution in [-0.4, -0.2) is 33.9 Å². The number of aryl methyl sites for hydroxylation is 1. The first-order valence-corrected chi connectivity index (χ1v) is 10.4. The fourth-order valence-electron chi connectivity index (χ4n) is 2.26. The van der Waals surface area contributed by atoms with Crippen molar-refractivity contribution < 1.29 is 21.6 Å². The third-order valence-electron chi connectivity index (χ3n) is 3.73. The van der Waals surface area contributed by atoms with Crippen LogP contribution in [0.3, 0.4) is 0 Å². The number of pyridine rings is 1. The molecule has 13 heteroatoms. The Morgan fingerprint density at radius 2 is 2.07 bits per heavy atom. The third kappa shape index (κ3) is 4.09. The molecule has 0 N–H and O–H groups in total. The van der Waals surface area contributed by atoms with Gasteiger partial charge in [0.2, 0.25) is 15.6 Å². The molecule has 28 heavy (non-hydrogen) atoms. The summed E-state index contributed by atoms with van der Waals surface area (Å²) in [6, 6.07) is 2.68. The molecule has 0 fully saturated rings. The van der Waals surface area contributed by atoms with Gasteiger partial charge >= 0.3 is 6.43 Å². The van der Waals surface area contributed by atoms with Gasteiger partial charge in [-0.2, -0.15) is 8.78 Å². The molecule has 0 saturated carbocycles. The minimum absolute atomic E-state index is 0.102. The number of hydrogen-bond donors (Lipinski definition) is 0. The monoisotopic (exact) mass is 431 g/mol. The van der Waals surface area contributed by atoms with Crippen molar-refractivity contribution in [3.05, 3.63) is 45.8 Å². The molecule has 0 aliphatic heterocycles. The average Bonchev–Trinajstić information content (AvgIpc) is 3.31. The number of anilines is 1. The van der Waals surface area contributed by atoms with Gasteiger partial charge in [-0.25, -0.2) is 13.4 Å². The molecule has 0 amide bonds. The predicted octanol–water partition coefficient (Wildman–Crippen LogP) is 2.19. The van der Waals surface area contributed by atoms with Crippen LogP contribution < -0.4 is 9.86 Å². The summed E-state index contributed by atoms with van der Waals surface area (Å²) < 4.78 is 57.5. The number of aromatic nitrogens is 4. The summed E-state index contributed by atoms with van der Waals surface area (Å²) in [5.74, 6) is -1.08. The minimum Gasteiger partial charge on any atom is -0.414 e. The van der Waals surface area contributed by atoms with Gasteiger partial charge in [0.05, 0.1) is 24.2 Å². The second-order valence-electron chi connectivity index (χ2n) is 5.61. The van der Waals surface area contributed by atoms with Crippen molar-refractivity contribution in [2.45, 2.75) is 19.9 Å². The van der Waals surface area contributed by atoms with Crippen molar-refractivity contribution in [3.8, 4) is 10.8 Å². The Labute approximate surface area is 162 Å². The fraction of sp³-hybridized carbons (Fsp3) is 0.333. The topological polar surface area (TPSA) is 111 Å². The van der Waals surface area contributed by atoms with Gasteiger partial charge in [0.25, 0.3) is 11.8 Å². The Morgan fingerprint density at radius 1 is 1.32 bits per heavy atom. The lowest BCUT2D eigenvalue weighted by molar-refractivity contribution is 0.116. The summed E-state index contributed by atoms with van der Waals surface area (Å²) in [4.78, 5) is 16.1. The highest BCUT2D eigenvalue weighted by Gasteiger charge is 2.24. The number of halogens is 2. The number of rotatable bonds is 7. The van der Waals surface area contributed by atoms with E-state index < -0.39 is 22.3 Å². The molecular formula is C15H15F2N5O4S2. The molecule has 0 aliphatic rings. The summed E-state index contributed by atoms with van der Waals surface area (Å²) in [7, 11) is -2.16. The Bertz CT molecular complexity index is 1140. The van der Waals surface area contributed by atoms with E-state index in [-0.39, 0.29) is 23.7 Å². The normalized spacial score (nSPS) is 11.9. The highest BCUT2D eigenvalue weighted by atomic mass is 32.2. The number of sulfonamides is 1. The standard InChI is InChI=1S/C15H15F2N5O4S2/c1-3-28(24,25)22(9-4-5-12(23)21(2)7-9)8-11-18-6-10(27-11)14-19-20-15(26-14)13(16)17/h4-7,13H,3,8H2,1-2H3. The van der Waals surface area contributed by atoms with Gasteiger partial charge in [0, 0.05) is 19.3 Å². The van der Waals surface area contributed by atoms with E-state index in [0.717, 1.165) is 15.6 Å². The molecule has 9 nitrogen and oxygen atoms in total. The molecule has 0 spiro atoms. The van der Waals surface area contributed by atoms with Crippen LogP contribution >= 0.6 is 11.3 Å². The summed E-state index contributed by atoms with van der Waals surface area (Å²) >= 11 is 1.04. The summed E-state index contributed by atoms with van der Waals surface area (Å²) in [6.07, 6.45) is -0.124. The first-order chi connectivity index (χ1) is 13.2. The van der Waals surface area contributed by atoms with Gasteiger partial charge in [-0.1, -0.05) is 0 Å². The van der Waals surface area contributed by atoms with Crippen LogP contribution in [0.1, 0.15) is 24.2 Å². The van der Waals surface area contributed by atoms with Crippen LogP contribution in [0.15, 0.2) is 33.7 Å². The maximum Gasteiger partial charge on any atom is 0.314 e. The van der Waals surface area contributed by atoms with E-state index in [0.29, 0.717) is 15.6 Å². The summed E-state index contributed by atoms with van der Waals surface area (Å²) in [5.41, 5.74) is 0.0267. The van der Waals surface area contributed by atoms with E-state index in [9.17, 15) is 22.0 Å². The molecule has 0 atom stereocenters. The van der Waals surface area contributed by atoms with Crippen LogP contribution in [0.25, 0.3) is 10.8 Å². The Kier molecular flexibility index (Phi) is 5.56. The molecule has 3 aromatic rings. The molecular weight excluding hydrogens is 416 g/mol. The zero-order valence-corrected chi connectivity index (χ0v) is 16.4. The van der Waals surface area contributed by atoms with Crippen molar-refractivity contribution in [2.75, 3.05) is 10.1 Å². The third-order valence-corrected chi connectivity index (χ3v) is 6.44. The van der Waals surface area contributed by atoms with E-state index in [4.69, 9.17) is 4.42 Å². The van der Waals surface area contributed by atoms with Gasteiger partial charge in [0.15, 0.2) is 0 Å². The molecule has 0 radical (unpaired) electrons. The summed E-state index contributed by atoms with van der Waals surface area (Å²) in [5, 5.41) is 7.19. The lowest BCUT2D eigenvalue weighted by atomic mass is 10.4. The predicted molar refractivity (Wildman–Crippen MR) is 97.7 cm³/mol. The lowest BCUT2D eigenvalue weighted by Gasteiger charge is -2.23. The number of nitrogens with zero attached hydrogens (tertiary/aromatic N) is 5. The van der Waals surface area contributed by atoms with Gasteiger partial charge in [0.1, 0.15) is 9.88 Å². The maximum absolute atomic E-state index is 12.6. The van der Waals surface area contributed by atoms with Crippen molar-refractivity contribution >= 4 is 27.0 Å². The lowest BCUT2D eigenvalue weighted by Crippen LogP contribution is -2.32. The second kappa shape index (κ2) is 7.75. The van der Waals surface area contributed by atoms with E-state index >= 15 is 0 Å². The number of hydrogen-bond acceptors (Lipinski definition) is 8. The molecule has 3 heterocycles. The molecule has 0 unspecified atom stereocenters. The number of alkyl halides is 2. The average molecular weight is 431 g/mol. The van der Waals surface area contributed by atoms with Gasteiger partial charge < -0.3 is 8.98 Å². The first kappa shape index (κ1) is 20.1. The highest BCUT2D eigenvalue weighted by molar-refractivity contribution is 7.92. The fourth-order valence-corrected chi connectivity index (χ4v) is 4.23. The van der Waals surface area contributed by atoms with Gasteiger partial charge in [-0.15, -0.1) is 21.5 Å². The second-order valence-corrected chi connectivity index (χ2v) is 8.91. The zero-order chi connectivity index (χ0) is 20.5. The summed E-state index contributed by atoms with van der Waals surface area (Å²) in [6.45, 7) is 1.40. The van der Waals surface area contributed by atoms with Crippen LogP contribution in [0.2, 0.25) is 0 Å². The van der Waals surface area contributed by atoms with E-state index in [1.54, 1.807) is 0 Å². The van der Waals surface area contributed by atoms with E-state index in [1.807, 2.05) is 0 Å². The SMILES string of the molecule is CCS(=O)(=O)N(Cc1ncc(-c2nnc(C(F)F)o2)s1)c1ccc(=O)n(C)c1. The largest absolute Gasteiger partial charge is 0.414 e. The van der Waals surface area contributed by atoms with E-state index in [2.05, 4.69) is 15.2 Å². The Hall–Kier alpha value is -2.67. The van der Waals surface area contributed by atoms with E-state index in [1.165, 1.54) is 43.1 Å². The maximum atomic E-state index is 12.6. The molecule has 0 saturated heterocycles. The van der Waals surface area contributed by atoms with Gasteiger partial charge in [-0.05, 0) is 13.0 Å². The van der Waals surface area contributed by atoms with Crippen molar-refractivity contribution in [1.29, 1.82) is 0 Å². The van der Waals surface area contributed by atoms with Crippen LogP contribution in [-0.2, 0) is 23.6 Å². The van der Waals surface area contributed by atoms with Crippen LogP contribution in [0.4, 0.5) is 14.5 Å². The van der Waals surface area contributed by atoms with Crippen LogP contribution in [0, 0.1) is 0 Å². The smallest absolute Gasteiger partial charge is 0.314 e. The van der Waals surface area contributed by atoms with Crippen molar-refractivity contribution in [3.63, 3.8) is 0 Å². The first-order valence-electron chi connectivity index (χ1n) is 7.95. The molecule has 0 bridgehead atoms. The molecule has 150 valence electrons. The zero-order valence-electron chi connectivity index (χ0n) is 14.7. The quantitative estimate of drug-likeness (QED) is 0.564.